The molecule has 1 amide bonds. The molecule has 0 fully saturated rings. The van der Waals surface area contributed by atoms with Gasteiger partial charge in [0, 0.05) is 11.6 Å². The van der Waals surface area contributed by atoms with Crippen LogP contribution in [0.15, 0.2) is 0 Å². The van der Waals surface area contributed by atoms with Crippen molar-refractivity contribution in [3.63, 3.8) is 0 Å². The maximum absolute atomic E-state index is 11.9. The largest absolute Gasteiger partial charge is 0.481 e. The summed E-state index contributed by atoms with van der Waals surface area (Å²) in [6.07, 6.45) is 0.0720. The Morgan fingerprint density at radius 2 is 1.82 bits per heavy atom. The Bertz CT molecular complexity index is 270. The average molecular weight is 245 g/mol. The third-order valence-electron chi connectivity index (χ3n) is 2.43. The van der Waals surface area contributed by atoms with Gasteiger partial charge in [0.05, 0.1) is 13.0 Å². The summed E-state index contributed by atoms with van der Waals surface area (Å²) in [6, 6.07) is -0.341. The van der Waals surface area contributed by atoms with Gasteiger partial charge in [0.2, 0.25) is 0 Å². The number of nitrogens with zero attached hydrogens (tertiary/aromatic N) is 1. The van der Waals surface area contributed by atoms with Gasteiger partial charge in [0.1, 0.15) is 0 Å². The van der Waals surface area contributed by atoms with Crippen LogP contribution in [0.5, 0.6) is 0 Å². The Balaban J connectivity index is 5.00. The van der Waals surface area contributed by atoms with Gasteiger partial charge in [-0.3, -0.25) is 9.69 Å². The Labute approximate surface area is 103 Å². The van der Waals surface area contributed by atoms with Gasteiger partial charge in [-0.15, -0.1) is 0 Å². The lowest BCUT2D eigenvalue weighted by atomic mass is 10.0. The van der Waals surface area contributed by atoms with Crippen molar-refractivity contribution in [1.29, 1.82) is 0 Å². The van der Waals surface area contributed by atoms with E-state index in [0.29, 0.717) is 6.42 Å². The SMILES string of the molecule is CCOC(=O)N(C(CC)CC(=O)O)C(C)(C)C. The number of rotatable bonds is 5. The Morgan fingerprint density at radius 3 is 2.12 bits per heavy atom. The number of carbonyl (C=O) groups excluding carboxylic acids is 1. The van der Waals surface area contributed by atoms with Crippen molar-refractivity contribution in [3.05, 3.63) is 0 Å². The van der Waals surface area contributed by atoms with E-state index in [0.717, 1.165) is 0 Å². The van der Waals surface area contributed by atoms with E-state index < -0.39 is 17.6 Å². The van der Waals surface area contributed by atoms with Crippen LogP contribution in [0.1, 0.15) is 47.5 Å². The molecule has 0 radical (unpaired) electrons. The number of carboxylic acid groups (broad SMARTS) is 1. The normalized spacial score (nSPS) is 13.0. The van der Waals surface area contributed by atoms with Crippen LogP contribution < -0.4 is 0 Å². The van der Waals surface area contributed by atoms with Crippen molar-refractivity contribution in [3.8, 4) is 0 Å². The van der Waals surface area contributed by atoms with Gasteiger partial charge in [0.15, 0.2) is 0 Å². The van der Waals surface area contributed by atoms with Crippen LogP contribution in [0.25, 0.3) is 0 Å². The number of ether oxygens (including phenoxy) is 1. The summed E-state index contributed by atoms with van der Waals surface area (Å²) in [6.45, 7) is 9.49. The maximum Gasteiger partial charge on any atom is 0.410 e. The molecule has 0 spiro atoms. The molecule has 5 heteroatoms. The fraction of sp³-hybridized carbons (Fsp3) is 0.833. The first-order valence-electron chi connectivity index (χ1n) is 5.91. The van der Waals surface area contributed by atoms with E-state index in [1.54, 1.807) is 6.92 Å². The molecule has 0 aromatic carbocycles. The Morgan fingerprint density at radius 1 is 1.29 bits per heavy atom. The van der Waals surface area contributed by atoms with E-state index in [2.05, 4.69) is 0 Å². The van der Waals surface area contributed by atoms with E-state index in [9.17, 15) is 9.59 Å². The molecule has 0 aliphatic rings. The third kappa shape index (κ3) is 5.06. The number of hydrogen-bond donors (Lipinski definition) is 1. The molecule has 1 unspecified atom stereocenters. The number of aliphatic carboxylic acids is 1. The van der Waals surface area contributed by atoms with Gasteiger partial charge in [-0.2, -0.15) is 0 Å². The summed E-state index contributed by atoms with van der Waals surface area (Å²) in [4.78, 5) is 24.2. The smallest absolute Gasteiger partial charge is 0.410 e. The molecule has 17 heavy (non-hydrogen) atoms. The minimum absolute atomic E-state index is 0.0629. The van der Waals surface area contributed by atoms with Crippen LogP contribution in [0, 0.1) is 0 Å². The number of carboxylic acids is 1. The molecule has 1 atom stereocenters. The van der Waals surface area contributed by atoms with Crippen molar-refractivity contribution < 1.29 is 19.4 Å². The van der Waals surface area contributed by atoms with Gasteiger partial charge in [-0.1, -0.05) is 6.92 Å². The Hall–Kier alpha value is -1.26. The fourth-order valence-electron chi connectivity index (χ4n) is 1.78. The highest BCUT2D eigenvalue weighted by Gasteiger charge is 2.34. The zero-order valence-electron chi connectivity index (χ0n) is 11.3. The first kappa shape index (κ1) is 15.7. The highest BCUT2D eigenvalue weighted by Crippen LogP contribution is 2.22. The second kappa shape index (κ2) is 6.47. The molecule has 1 N–H and O–H groups in total. The predicted molar refractivity (Wildman–Crippen MR) is 64.9 cm³/mol. The topological polar surface area (TPSA) is 66.8 Å². The van der Waals surface area contributed by atoms with Crippen LogP contribution in [-0.2, 0) is 9.53 Å². The minimum Gasteiger partial charge on any atom is -0.481 e. The third-order valence-corrected chi connectivity index (χ3v) is 2.43. The molecule has 0 aliphatic carbocycles. The number of hydrogen-bond acceptors (Lipinski definition) is 3. The van der Waals surface area contributed by atoms with Crippen molar-refractivity contribution in [2.45, 2.75) is 59.0 Å². The lowest BCUT2D eigenvalue weighted by Gasteiger charge is -2.40. The summed E-state index contributed by atoms with van der Waals surface area (Å²) in [7, 11) is 0. The highest BCUT2D eigenvalue weighted by atomic mass is 16.6. The minimum atomic E-state index is -0.907. The van der Waals surface area contributed by atoms with Crippen molar-refractivity contribution in [2.75, 3.05) is 6.61 Å². The molecule has 100 valence electrons. The second-order valence-electron chi connectivity index (χ2n) is 4.90. The van der Waals surface area contributed by atoms with Gasteiger partial charge in [-0.05, 0) is 34.1 Å². The lowest BCUT2D eigenvalue weighted by molar-refractivity contribution is -0.138. The summed E-state index contributed by atoms with van der Waals surface area (Å²) in [5.41, 5.74) is -0.456. The number of carbonyl (C=O) groups is 2. The van der Waals surface area contributed by atoms with Crippen LogP contribution in [-0.4, -0.2) is 40.3 Å². The first-order chi connectivity index (χ1) is 7.73. The second-order valence-corrected chi connectivity index (χ2v) is 4.90. The van der Waals surface area contributed by atoms with Crippen LogP contribution in [0.3, 0.4) is 0 Å². The van der Waals surface area contributed by atoms with Crippen LogP contribution in [0.2, 0.25) is 0 Å². The van der Waals surface area contributed by atoms with E-state index in [1.807, 2.05) is 27.7 Å². The molecular weight excluding hydrogens is 222 g/mol. The predicted octanol–water partition coefficient (Wildman–Crippen LogP) is 2.50. The molecule has 0 aromatic heterocycles. The van der Waals surface area contributed by atoms with Crippen LogP contribution in [0.4, 0.5) is 4.79 Å². The van der Waals surface area contributed by atoms with Crippen molar-refractivity contribution in [1.82, 2.24) is 4.90 Å². The van der Waals surface area contributed by atoms with E-state index in [4.69, 9.17) is 9.84 Å². The van der Waals surface area contributed by atoms with Gasteiger partial charge < -0.3 is 9.84 Å². The van der Waals surface area contributed by atoms with Crippen molar-refractivity contribution >= 4 is 12.1 Å². The molecule has 0 aliphatic heterocycles. The van der Waals surface area contributed by atoms with Crippen LogP contribution >= 0.6 is 0 Å². The summed E-state index contributed by atoms with van der Waals surface area (Å²) >= 11 is 0. The maximum atomic E-state index is 11.9. The van der Waals surface area contributed by atoms with Gasteiger partial charge >= 0.3 is 12.1 Å². The van der Waals surface area contributed by atoms with E-state index >= 15 is 0 Å². The van der Waals surface area contributed by atoms with Crippen molar-refractivity contribution in [2.24, 2.45) is 0 Å². The quantitative estimate of drug-likeness (QED) is 0.808. The zero-order chi connectivity index (χ0) is 13.6. The molecule has 0 saturated carbocycles. The molecular formula is C12H23NO4. The summed E-state index contributed by atoms with van der Waals surface area (Å²) in [5.74, 6) is -0.907. The molecule has 0 heterocycles. The Kier molecular flexibility index (Phi) is 5.99. The molecule has 0 rings (SSSR count). The summed E-state index contributed by atoms with van der Waals surface area (Å²) in [5, 5.41) is 8.86. The summed E-state index contributed by atoms with van der Waals surface area (Å²) < 4.78 is 4.99. The molecule has 5 nitrogen and oxygen atoms in total. The monoisotopic (exact) mass is 245 g/mol. The van der Waals surface area contributed by atoms with E-state index in [1.165, 1.54) is 4.90 Å². The fourth-order valence-corrected chi connectivity index (χ4v) is 1.78. The number of amides is 1. The lowest BCUT2D eigenvalue weighted by Crippen LogP contribution is -2.52. The van der Waals surface area contributed by atoms with Gasteiger partial charge in [0.25, 0.3) is 0 Å². The zero-order valence-corrected chi connectivity index (χ0v) is 11.3. The highest BCUT2D eigenvalue weighted by molar-refractivity contribution is 5.72. The average Bonchev–Trinajstić information content (AvgIpc) is 2.14. The van der Waals surface area contributed by atoms with E-state index in [-0.39, 0.29) is 19.1 Å². The first-order valence-corrected chi connectivity index (χ1v) is 5.91. The molecule has 0 bridgehead atoms. The van der Waals surface area contributed by atoms with Gasteiger partial charge in [-0.25, -0.2) is 4.79 Å². The standard InChI is InChI=1S/C12H23NO4/c1-6-9(8-10(14)15)13(12(3,4)5)11(16)17-7-2/h9H,6-8H2,1-5H3,(H,14,15). The molecule has 0 aromatic rings. The molecule has 0 saturated heterocycles.